The summed E-state index contributed by atoms with van der Waals surface area (Å²) in [7, 11) is 1.57. The molecule has 0 spiro atoms. The summed E-state index contributed by atoms with van der Waals surface area (Å²) < 4.78 is 5.35. The third kappa shape index (κ3) is 2.93. The van der Waals surface area contributed by atoms with Gasteiger partial charge in [0.15, 0.2) is 0 Å². The number of hydrogen-bond donors (Lipinski definition) is 1. The van der Waals surface area contributed by atoms with Crippen molar-refractivity contribution in [1.29, 1.82) is 0 Å². The fraction of sp³-hybridized carbons (Fsp3) is 0.250. The molecule has 2 rings (SSSR count). The molecule has 0 heterocycles. The number of methoxy groups -OCH3 is 1. The monoisotopic (exact) mass is 310 g/mol. The molecule has 20 heavy (non-hydrogen) atoms. The van der Waals surface area contributed by atoms with Crippen LogP contribution in [0.15, 0.2) is 48.5 Å². The molecular weight excluding hydrogens is 295 g/mol. The van der Waals surface area contributed by atoms with Crippen LogP contribution in [0, 0.1) is 0 Å². The van der Waals surface area contributed by atoms with Crippen molar-refractivity contribution in [2.45, 2.75) is 12.0 Å². The van der Waals surface area contributed by atoms with Crippen LogP contribution in [-0.4, -0.2) is 18.1 Å². The molecule has 2 aromatic rings. The number of halogens is 2. The summed E-state index contributed by atoms with van der Waals surface area (Å²) in [5.74, 6) is 0.909. The Bertz CT molecular complexity index is 572. The van der Waals surface area contributed by atoms with Gasteiger partial charge >= 0.3 is 0 Å². The maximum Gasteiger partial charge on any atom is 0.125 e. The number of benzene rings is 2. The van der Waals surface area contributed by atoms with Crippen LogP contribution >= 0.6 is 23.2 Å². The van der Waals surface area contributed by atoms with E-state index in [9.17, 15) is 5.11 Å². The molecule has 0 bridgehead atoms. The van der Waals surface area contributed by atoms with Crippen LogP contribution in [0.5, 0.6) is 5.75 Å². The molecule has 2 nitrogen and oxygen atoms in total. The Balaban J connectivity index is 2.61. The first-order valence-corrected chi connectivity index (χ1v) is 7.21. The Labute approximate surface area is 128 Å². The van der Waals surface area contributed by atoms with Gasteiger partial charge in [0.05, 0.1) is 7.11 Å². The molecular formula is C16H16Cl2O2. The summed E-state index contributed by atoms with van der Waals surface area (Å²) in [6.45, 7) is 0. The molecule has 106 valence electrons. The van der Waals surface area contributed by atoms with Gasteiger partial charge in [-0.2, -0.15) is 0 Å². The summed E-state index contributed by atoms with van der Waals surface area (Å²) in [5.41, 5.74) is 0.166. The van der Waals surface area contributed by atoms with Crippen molar-refractivity contribution >= 4 is 23.2 Å². The summed E-state index contributed by atoms with van der Waals surface area (Å²) >= 11 is 12.0. The lowest BCUT2D eigenvalue weighted by atomic mass is 9.83. The first-order valence-electron chi connectivity index (χ1n) is 6.29. The van der Waals surface area contributed by atoms with E-state index in [2.05, 4.69) is 0 Å². The highest BCUT2D eigenvalue weighted by Crippen LogP contribution is 2.39. The lowest BCUT2D eigenvalue weighted by Gasteiger charge is -2.30. The van der Waals surface area contributed by atoms with Gasteiger partial charge in [-0.3, -0.25) is 0 Å². The minimum atomic E-state index is -1.22. The van der Waals surface area contributed by atoms with Crippen LogP contribution in [0.2, 0.25) is 5.02 Å². The van der Waals surface area contributed by atoms with E-state index in [1.54, 1.807) is 25.3 Å². The standard InChI is InChI=1S/C16H16Cl2O2/c1-20-15-8-7-13(18)11-14(15)16(19,9-10-17)12-5-3-2-4-6-12/h2-8,11,19H,9-10H2,1H3. The average molecular weight is 311 g/mol. The second-order valence-corrected chi connectivity index (χ2v) is 5.32. The number of ether oxygens (including phenoxy) is 1. The van der Waals surface area contributed by atoms with Crippen molar-refractivity contribution in [2.24, 2.45) is 0 Å². The Hall–Kier alpha value is -1.22. The molecule has 0 aliphatic carbocycles. The Kier molecular flexibility index (Phi) is 4.92. The first kappa shape index (κ1) is 15.2. The van der Waals surface area contributed by atoms with Crippen LogP contribution in [0.4, 0.5) is 0 Å². The summed E-state index contributed by atoms with van der Waals surface area (Å²) in [6, 6.07) is 14.6. The molecule has 2 aromatic carbocycles. The van der Waals surface area contributed by atoms with Crippen LogP contribution in [0.3, 0.4) is 0 Å². The predicted octanol–water partition coefficient (Wildman–Crippen LogP) is 4.21. The molecule has 1 atom stereocenters. The van der Waals surface area contributed by atoms with Gasteiger partial charge in [0, 0.05) is 16.5 Å². The van der Waals surface area contributed by atoms with Crippen LogP contribution in [0.25, 0.3) is 0 Å². The van der Waals surface area contributed by atoms with Crippen LogP contribution in [-0.2, 0) is 5.60 Å². The van der Waals surface area contributed by atoms with Crippen molar-refractivity contribution in [3.05, 3.63) is 64.7 Å². The molecule has 0 amide bonds. The summed E-state index contributed by atoms with van der Waals surface area (Å²) in [4.78, 5) is 0. The van der Waals surface area contributed by atoms with Gasteiger partial charge in [-0.25, -0.2) is 0 Å². The lowest BCUT2D eigenvalue weighted by Crippen LogP contribution is -2.28. The van der Waals surface area contributed by atoms with Crippen molar-refractivity contribution in [2.75, 3.05) is 13.0 Å². The molecule has 0 aliphatic heterocycles. The highest BCUT2D eigenvalue weighted by Gasteiger charge is 2.33. The topological polar surface area (TPSA) is 29.5 Å². The van der Waals surface area contributed by atoms with Crippen molar-refractivity contribution in [1.82, 2.24) is 0 Å². The fourth-order valence-electron chi connectivity index (χ4n) is 2.29. The first-order chi connectivity index (χ1) is 9.61. The van der Waals surface area contributed by atoms with E-state index in [-0.39, 0.29) is 0 Å². The molecule has 0 saturated heterocycles. The third-order valence-corrected chi connectivity index (χ3v) is 3.74. The van der Waals surface area contributed by atoms with Crippen molar-refractivity contribution in [3.8, 4) is 5.75 Å². The summed E-state index contributed by atoms with van der Waals surface area (Å²) in [5, 5.41) is 11.7. The van der Waals surface area contributed by atoms with E-state index in [4.69, 9.17) is 27.9 Å². The van der Waals surface area contributed by atoms with Gasteiger partial charge in [0.25, 0.3) is 0 Å². The minimum Gasteiger partial charge on any atom is -0.496 e. The van der Waals surface area contributed by atoms with Gasteiger partial charge in [-0.1, -0.05) is 41.9 Å². The average Bonchev–Trinajstić information content (AvgIpc) is 2.48. The highest BCUT2D eigenvalue weighted by atomic mass is 35.5. The van der Waals surface area contributed by atoms with Gasteiger partial charge in [-0.05, 0) is 30.2 Å². The molecule has 0 aliphatic rings. The SMILES string of the molecule is COc1ccc(Cl)cc1C(O)(CCCl)c1ccccc1. The quantitative estimate of drug-likeness (QED) is 0.838. The zero-order valence-electron chi connectivity index (χ0n) is 11.1. The zero-order chi connectivity index (χ0) is 14.6. The van der Waals surface area contributed by atoms with Gasteiger partial charge in [-0.15, -0.1) is 11.6 Å². The second-order valence-electron chi connectivity index (χ2n) is 4.51. The molecule has 0 saturated carbocycles. The molecule has 4 heteroatoms. The molecule has 0 radical (unpaired) electrons. The Morgan fingerprint density at radius 3 is 2.45 bits per heavy atom. The summed E-state index contributed by atoms with van der Waals surface area (Å²) in [6.07, 6.45) is 0.370. The molecule has 0 fully saturated rings. The maximum atomic E-state index is 11.2. The fourth-order valence-corrected chi connectivity index (χ4v) is 2.73. The van der Waals surface area contributed by atoms with Crippen LogP contribution < -0.4 is 4.74 Å². The van der Waals surface area contributed by atoms with E-state index >= 15 is 0 Å². The Morgan fingerprint density at radius 2 is 1.85 bits per heavy atom. The van der Waals surface area contributed by atoms with Crippen molar-refractivity contribution < 1.29 is 9.84 Å². The number of aliphatic hydroxyl groups is 1. The maximum absolute atomic E-state index is 11.2. The van der Waals surface area contributed by atoms with Crippen molar-refractivity contribution in [3.63, 3.8) is 0 Å². The van der Waals surface area contributed by atoms with Crippen LogP contribution in [0.1, 0.15) is 17.5 Å². The van der Waals surface area contributed by atoms with Gasteiger partial charge in [0.2, 0.25) is 0 Å². The third-order valence-electron chi connectivity index (χ3n) is 3.31. The predicted molar refractivity (Wildman–Crippen MR) is 82.8 cm³/mol. The van der Waals surface area contributed by atoms with E-state index < -0.39 is 5.60 Å². The van der Waals surface area contributed by atoms with Gasteiger partial charge < -0.3 is 9.84 Å². The van der Waals surface area contributed by atoms with E-state index in [1.807, 2.05) is 30.3 Å². The van der Waals surface area contributed by atoms with E-state index in [1.165, 1.54) is 0 Å². The Morgan fingerprint density at radius 1 is 1.15 bits per heavy atom. The van der Waals surface area contributed by atoms with E-state index in [0.717, 1.165) is 5.56 Å². The highest BCUT2D eigenvalue weighted by molar-refractivity contribution is 6.30. The normalized spacial score (nSPS) is 13.8. The minimum absolute atomic E-state index is 0.320. The second kappa shape index (κ2) is 6.49. The smallest absolute Gasteiger partial charge is 0.125 e. The zero-order valence-corrected chi connectivity index (χ0v) is 12.7. The number of rotatable bonds is 5. The molecule has 1 unspecified atom stereocenters. The lowest BCUT2D eigenvalue weighted by molar-refractivity contribution is 0.0746. The van der Waals surface area contributed by atoms with E-state index in [0.29, 0.717) is 28.6 Å². The molecule has 0 aromatic heterocycles. The molecule has 1 N–H and O–H groups in total. The number of alkyl halides is 1. The largest absolute Gasteiger partial charge is 0.496 e. The number of hydrogen-bond acceptors (Lipinski definition) is 2. The van der Waals surface area contributed by atoms with Gasteiger partial charge in [0.1, 0.15) is 11.4 Å².